The van der Waals surface area contributed by atoms with Crippen LogP contribution in [0.1, 0.15) is 39.0 Å². The molecule has 2 aliphatic rings. The molecule has 2 fully saturated rings. The van der Waals surface area contributed by atoms with Crippen molar-refractivity contribution in [2.75, 3.05) is 6.54 Å². The standard InChI is InChI=1S/C9H15NO/c1-2-8(11)10-7-3-4-9(10)5-6-9/h2-7H2,1H3. The highest BCUT2D eigenvalue weighted by molar-refractivity contribution is 5.77. The first-order valence-corrected chi connectivity index (χ1v) is 4.59. The molecule has 1 aliphatic carbocycles. The Hall–Kier alpha value is -0.530. The van der Waals surface area contributed by atoms with Gasteiger partial charge in [-0.15, -0.1) is 0 Å². The zero-order valence-electron chi connectivity index (χ0n) is 7.10. The van der Waals surface area contributed by atoms with Gasteiger partial charge < -0.3 is 4.90 Å². The van der Waals surface area contributed by atoms with Gasteiger partial charge in [-0.3, -0.25) is 4.79 Å². The van der Waals surface area contributed by atoms with Gasteiger partial charge >= 0.3 is 0 Å². The van der Waals surface area contributed by atoms with Gasteiger partial charge in [-0.25, -0.2) is 0 Å². The van der Waals surface area contributed by atoms with Gasteiger partial charge in [-0.1, -0.05) is 6.92 Å². The Kier molecular flexibility index (Phi) is 1.44. The van der Waals surface area contributed by atoms with Crippen molar-refractivity contribution < 1.29 is 4.79 Å². The molecule has 0 aromatic rings. The van der Waals surface area contributed by atoms with Gasteiger partial charge in [0.05, 0.1) is 0 Å². The van der Waals surface area contributed by atoms with Gasteiger partial charge in [-0.05, 0) is 25.7 Å². The molecule has 0 aromatic heterocycles. The van der Waals surface area contributed by atoms with Crippen molar-refractivity contribution in [2.24, 2.45) is 0 Å². The molecule has 1 spiro atoms. The topological polar surface area (TPSA) is 20.3 Å². The van der Waals surface area contributed by atoms with Crippen LogP contribution in [0.5, 0.6) is 0 Å². The molecule has 1 amide bonds. The molecule has 11 heavy (non-hydrogen) atoms. The van der Waals surface area contributed by atoms with E-state index in [1.807, 2.05) is 6.92 Å². The van der Waals surface area contributed by atoms with Crippen molar-refractivity contribution in [2.45, 2.75) is 44.6 Å². The maximum Gasteiger partial charge on any atom is 0.222 e. The Balaban J connectivity index is 2.08. The lowest BCUT2D eigenvalue weighted by Gasteiger charge is -2.23. The van der Waals surface area contributed by atoms with E-state index in [1.165, 1.54) is 25.7 Å². The molecule has 2 heteroatoms. The third kappa shape index (κ3) is 0.959. The highest BCUT2D eigenvalue weighted by Crippen LogP contribution is 2.49. The minimum Gasteiger partial charge on any atom is -0.337 e. The number of likely N-dealkylation sites (tertiary alicyclic amines) is 1. The minimum absolute atomic E-state index is 0.361. The van der Waals surface area contributed by atoms with Crippen LogP contribution in [0.2, 0.25) is 0 Å². The summed E-state index contributed by atoms with van der Waals surface area (Å²) in [6, 6.07) is 0. The minimum atomic E-state index is 0.361. The number of amides is 1. The first-order valence-electron chi connectivity index (χ1n) is 4.59. The van der Waals surface area contributed by atoms with Crippen molar-refractivity contribution in [1.29, 1.82) is 0 Å². The zero-order valence-corrected chi connectivity index (χ0v) is 7.10. The zero-order chi connectivity index (χ0) is 7.90. The summed E-state index contributed by atoms with van der Waals surface area (Å²) in [4.78, 5) is 13.5. The van der Waals surface area contributed by atoms with E-state index < -0.39 is 0 Å². The van der Waals surface area contributed by atoms with Gasteiger partial charge in [0.2, 0.25) is 5.91 Å². The van der Waals surface area contributed by atoms with E-state index >= 15 is 0 Å². The molecule has 1 aliphatic heterocycles. The first kappa shape index (κ1) is 7.14. The maximum absolute atomic E-state index is 11.4. The lowest BCUT2D eigenvalue weighted by molar-refractivity contribution is -0.132. The smallest absolute Gasteiger partial charge is 0.222 e. The van der Waals surface area contributed by atoms with Crippen molar-refractivity contribution in [1.82, 2.24) is 4.90 Å². The fourth-order valence-electron chi connectivity index (χ4n) is 2.18. The first-order chi connectivity index (χ1) is 5.28. The number of rotatable bonds is 1. The molecule has 0 atom stereocenters. The van der Waals surface area contributed by atoms with Gasteiger partial charge in [0.1, 0.15) is 0 Å². The lowest BCUT2D eigenvalue weighted by Crippen LogP contribution is -2.36. The Morgan fingerprint density at radius 1 is 1.45 bits per heavy atom. The lowest BCUT2D eigenvalue weighted by atomic mass is 10.2. The van der Waals surface area contributed by atoms with Crippen LogP contribution >= 0.6 is 0 Å². The summed E-state index contributed by atoms with van der Waals surface area (Å²) in [5, 5.41) is 0. The van der Waals surface area contributed by atoms with E-state index in [4.69, 9.17) is 0 Å². The molecule has 1 saturated heterocycles. The molecule has 0 bridgehead atoms. The van der Waals surface area contributed by atoms with E-state index in [2.05, 4.69) is 4.90 Å². The van der Waals surface area contributed by atoms with E-state index in [9.17, 15) is 4.79 Å². The summed E-state index contributed by atoms with van der Waals surface area (Å²) in [6.07, 6.45) is 5.70. The summed E-state index contributed by atoms with van der Waals surface area (Å²) in [7, 11) is 0. The van der Waals surface area contributed by atoms with Crippen LogP contribution in [0.4, 0.5) is 0 Å². The third-order valence-electron chi connectivity index (χ3n) is 3.03. The molecule has 0 aromatic carbocycles. The summed E-state index contributed by atoms with van der Waals surface area (Å²) < 4.78 is 0. The third-order valence-corrected chi connectivity index (χ3v) is 3.03. The van der Waals surface area contributed by atoms with Crippen molar-refractivity contribution in [3.05, 3.63) is 0 Å². The van der Waals surface area contributed by atoms with Crippen LogP contribution in [0.25, 0.3) is 0 Å². The Morgan fingerprint density at radius 2 is 2.18 bits per heavy atom. The number of nitrogens with zero attached hydrogens (tertiary/aromatic N) is 1. The Labute approximate surface area is 67.6 Å². The average Bonchev–Trinajstić information content (AvgIpc) is 2.63. The van der Waals surface area contributed by atoms with Crippen LogP contribution in [0.3, 0.4) is 0 Å². The van der Waals surface area contributed by atoms with Crippen LogP contribution in [0.15, 0.2) is 0 Å². The number of carbonyl (C=O) groups excluding carboxylic acids is 1. The van der Waals surface area contributed by atoms with Crippen LogP contribution in [0, 0.1) is 0 Å². The van der Waals surface area contributed by atoms with Gasteiger partial charge in [0.15, 0.2) is 0 Å². The predicted octanol–water partition coefficient (Wildman–Crippen LogP) is 1.55. The van der Waals surface area contributed by atoms with E-state index in [0.29, 0.717) is 17.9 Å². The SMILES string of the molecule is CCC(=O)N1CCCC12CC2. The fraction of sp³-hybridized carbons (Fsp3) is 0.889. The van der Waals surface area contributed by atoms with Gasteiger partial charge in [-0.2, -0.15) is 0 Å². The molecular formula is C9H15NO. The second-order valence-corrected chi connectivity index (χ2v) is 3.73. The summed E-state index contributed by atoms with van der Waals surface area (Å²) in [6.45, 7) is 2.98. The van der Waals surface area contributed by atoms with Crippen molar-refractivity contribution in [3.63, 3.8) is 0 Å². The summed E-state index contributed by atoms with van der Waals surface area (Å²) in [5.41, 5.74) is 0.368. The number of hydrogen-bond acceptors (Lipinski definition) is 1. The highest BCUT2D eigenvalue weighted by atomic mass is 16.2. The van der Waals surface area contributed by atoms with Crippen molar-refractivity contribution >= 4 is 5.91 Å². The molecule has 0 N–H and O–H groups in total. The quantitative estimate of drug-likeness (QED) is 0.559. The monoisotopic (exact) mass is 153 g/mol. The molecule has 0 radical (unpaired) electrons. The summed E-state index contributed by atoms with van der Waals surface area (Å²) in [5.74, 6) is 0.361. The van der Waals surface area contributed by atoms with Gasteiger partial charge in [0.25, 0.3) is 0 Å². The fourth-order valence-corrected chi connectivity index (χ4v) is 2.18. The van der Waals surface area contributed by atoms with E-state index in [0.717, 1.165) is 6.54 Å². The predicted molar refractivity (Wildman–Crippen MR) is 43.2 cm³/mol. The van der Waals surface area contributed by atoms with E-state index in [-0.39, 0.29) is 0 Å². The molecular weight excluding hydrogens is 138 g/mol. The van der Waals surface area contributed by atoms with Crippen LogP contribution in [-0.4, -0.2) is 22.9 Å². The normalized spacial score (nSPS) is 26.1. The van der Waals surface area contributed by atoms with Crippen LogP contribution in [-0.2, 0) is 4.79 Å². The molecule has 62 valence electrons. The average molecular weight is 153 g/mol. The largest absolute Gasteiger partial charge is 0.337 e. The van der Waals surface area contributed by atoms with Crippen molar-refractivity contribution in [3.8, 4) is 0 Å². The highest BCUT2D eigenvalue weighted by Gasteiger charge is 2.51. The molecule has 2 rings (SSSR count). The maximum atomic E-state index is 11.4. The Bertz CT molecular complexity index is 184. The molecule has 0 unspecified atom stereocenters. The summed E-state index contributed by atoms with van der Waals surface area (Å²) >= 11 is 0. The second-order valence-electron chi connectivity index (χ2n) is 3.73. The van der Waals surface area contributed by atoms with Crippen LogP contribution < -0.4 is 0 Å². The molecule has 1 saturated carbocycles. The van der Waals surface area contributed by atoms with E-state index in [1.54, 1.807) is 0 Å². The molecule has 1 heterocycles. The number of carbonyl (C=O) groups is 1. The Morgan fingerprint density at radius 3 is 2.73 bits per heavy atom. The second kappa shape index (κ2) is 2.23. The molecule has 2 nitrogen and oxygen atoms in total. The number of hydrogen-bond donors (Lipinski definition) is 0. The van der Waals surface area contributed by atoms with Gasteiger partial charge in [0, 0.05) is 18.5 Å².